The van der Waals surface area contributed by atoms with Crippen LogP contribution in [0.4, 0.5) is 0 Å². The summed E-state index contributed by atoms with van der Waals surface area (Å²) in [5.41, 5.74) is 1.31. The molecule has 7 nitrogen and oxygen atoms in total. The van der Waals surface area contributed by atoms with Crippen molar-refractivity contribution in [3.8, 4) is 57.2 Å². The van der Waals surface area contributed by atoms with Crippen LogP contribution in [0.3, 0.4) is 0 Å². The fraction of sp³-hybridized carbons (Fsp3) is 0. The third-order valence-electron chi connectivity index (χ3n) is 6.08. The Morgan fingerprint density at radius 1 is 0.444 bits per heavy atom. The predicted molar refractivity (Wildman–Crippen MR) is 138 cm³/mol. The summed E-state index contributed by atoms with van der Waals surface area (Å²) in [6.07, 6.45) is 0. The van der Waals surface area contributed by atoms with E-state index in [2.05, 4.69) is 33.2 Å². The first kappa shape index (κ1) is 21.4. The first-order valence-corrected chi connectivity index (χ1v) is 11.2. The Bertz CT molecular complexity index is 1730. The minimum absolute atomic E-state index is 0.0938. The molecule has 0 aliphatic rings. The van der Waals surface area contributed by atoms with Gasteiger partial charge in [-0.3, -0.25) is 0 Å². The molecular formula is C29H19N3O4. The fourth-order valence-corrected chi connectivity index (χ4v) is 4.32. The molecule has 0 aliphatic carbocycles. The van der Waals surface area contributed by atoms with E-state index in [1.54, 1.807) is 0 Å². The number of fused-ring (bicyclic) bond motifs is 3. The second-order valence-electron chi connectivity index (χ2n) is 8.43. The lowest BCUT2D eigenvalue weighted by atomic mass is 10.00. The zero-order chi connectivity index (χ0) is 24.8. The molecule has 36 heavy (non-hydrogen) atoms. The van der Waals surface area contributed by atoms with Gasteiger partial charge in [-0.05, 0) is 51.9 Å². The summed E-state index contributed by atoms with van der Waals surface area (Å²) < 4.78 is 0. The minimum Gasteiger partial charge on any atom is -0.508 e. The molecular weight excluding hydrogens is 454 g/mol. The number of nitrogens with zero attached hydrogens (tertiary/aromatic N) is 3. The normalized spacial score (nSPS) is 11.2. The number of phenols is 4. The molecule has 0 atom stereocenters. The van der Waals surface area contributed by atoms with Crippen LogP contribution in [0, 0.1) is 0 Å². The van der Waals surface area contributed by atoms with Crippen molar-refractivity contribution in [2.75, 3.05) is 0 Å². The largest absolute Gasteiger partial charge is 0.508 e. The SMILES string of the molecule is Oc1ccc(-c2nc(-c3ccc4c(ccc5ccccc54)c3)nc(-c3ccc(O)cc3O)n2)c(O)c1. The van der Waals surface area contributed by atoms with Gasteiger partial charge in [-0.2, -0.15) is 0 Å². The van der Waals surface area contributed by atoms with Crippen LogP contribution < -0.4 is 0 Å². The van der Waals surface area contributed by atoms with Gasteiger partial charge in [0.15, 0.2) is 17.5 Å². The molecule has 7 heteroatoms. The zero-order valence-electron chi connectivity index (χ0n) is 18.8. The quantitative estimate of drug-likeness (QED) is 0.233. The van der Waals surface area contributed by atoms with Crippen molar-refractivity contribution in [3.05, 3.63) is 91.0 Å². The van der Waals surface area contributed by atoms with E-state index < -0.39 is 0 Å². The monoisotopic (exact) mass is 473 g/mol. The van der Waals surface area contributed by atoms with E-state index in [0.717, 1.165) is 27.1 Å². The van der Waals surface area contributed by atoms with Crippen molar-refractivity contribution >= 4 is 21.5 Å². The highest BCUT2D eigenvalue weighted by molar-refractivity contribution is 6.08. The maximum Gasteiger partial charge on any atom is 0.167 e. The zero-order valence-corrected chi connectivity index (χ0v) is 18.8. The molecule has 0 saturated carbocycles. The Morgan fingerprint density at radius 3 is 1.64 bits per heavy atom. The van der Waals surface area contributed by atoms with Gasteiger partial charge in [-0.15, -0.1) is 0 Å². The highest BCUT2D eigenvalue weighted by Gasteiger charge is 2.17. The summed E-state index contributed by atoms with van der Waals surface area (Å²) in [5.74, 6) is 0.0885. The Balaban J connectivity index is 1.58. The fourth-order valence-electron chi connectivity index (χ4n) is 4.32. The van der Waals surface area contributed by atoms with Gasteiger partial charge in [0.1, 0.15) is 23.0 Å². The molecule has 4 N–H and O–H groups in total. The van der Waals surface area contributed by atoms with E-state index in [1.807, 2.05) is 36.4 Å². The van der Waals surface area contributed by atoms with Crippen molar-refractivity contribution in [2.45, 2.75) is 0 Å². The van der Waals surface area contributed by atoms with Gasteiger partial charge in [0, 0.05) is 17.7 Å². The average molecular weight is 473 g/mol. The summed E-state index contributed by atoms with van der Waals surface area (Å²) in [5, 5.41) is 44.7. The molecule has 0 radical (unpaired) electrons. The van der Waals surface area contributed by atoms with Crippen molar-refractivity contribution in [3.63, 3.8) is 0 Å². The van der Waals surface area contributed by atoms with E-state index >= 15 is 0 Å². The van der Waals surface area contributed by atoms with Gasteiger partial charge in [-0.1, -0.05) is 48.5 Å². The molecule has 0 amide bonds. The second kappa shape index (κ2) is 8.25. The van der Waals surface area contributed by atoms with Gasteiger partial charge in [-0.25, -0.2) is 15.0 Å². The van der Waals surface area contributed by atoms with Gasteiger partial charge in [0.25, 0.3) is 0 Å². The highest BCUT2D eigenvalue weighted by atomic mass is 16.3. The number of phenolic OH excluding ortho intramolecular Hbond substituents is 4. The van der Waals surface area contributed by atoms with Crippen LogP contribution >= 0.6 is 0 Å². The van der Waals surface area contributed by atoms with Crippen molar-refractivity contribution in [2.24, 2.45) is 0 Å². The van der Waals surface area contributed by atoms with Gasteiger partial charge in [0.2, 0.25) is 0 Å². The number of rotatable bonds is 3. The van der Waals surface area contributed by atoms with E-state index in [9.17, 15) is 20.4 Å². The lowest BCUT2D eigenvalue weighted by Gasteiger charge is -2.11. The predicted octanol–water partition coefficient (Wildman–Crippen LogP) is 6.00. The van der Waals surface area contributed by atoms with Gasteiger partial charge < -0.3 is 20.4 Å². The Morgan fingerprint density at radius 2 is 1.00 bits per heavy atom. The van der Waals surface area contributed by atoms with Crippen molar-refractivity contribution in [1.29, 1.82) is 0 Å². The molecule has 1 heterocycles. The molecule has 0 bridgehead atoms. The molecule has 6 aromatic rings. The Labute approximate surface area is 205 Å². The maximum absolute atomic E-state index is 10.5. The standard InChI is InChI=1S/C29H19N3O4/c33-19-8-11-23(25(35)14-19)28-30-27(31-29(32-28)24-12-9-20(34)15-26(24)36)18-7-10-22-17(13-18)6-5-16-3-1-2-4-21(16)22/h1-15,33-36H. The minimum atomic E-state index is -0.196. The molecule has 1 aromatic heterocycles. The molecule has 5 aromatic carbocycles. The molecule has 0 saturated heterocycles. The maximum atomic E-state index is 10.5. The summed E-state index contributed by atoms with van der Waals surface area (Å²) in [6.45, 7) is 0. The second-order valence-corrected chi connectivity index (χ2v) is 8.43. The topological polar surface area (TPSA) is 120 Å². The van der Waals surface area contributed by atoms with Crippen molar-refractivity contribution in [1.82, 2.24) is 15.0 Å². The summed E-state index contributed by atoms with van der Waals surface area (Å²) in [6, 6.07) is 26.5. The third-order valence-corrected chi connectivity index (χ3v) is 6.08. The first-order chi connectivity index (χ1) is 17.5. The number of hydrogen-bond donors (Lipinski definition) is 4. The third kappa shape index (κ3) is 3.69. The number of hydrogen-bond acceptors (Lipinski definition) is 7. The van der Waals surface area contributed by atoms with E-state index in [-0.39, 0.29) is 34.6 Å². The molecule has 6 rings (SSSR count). The number of benzene rings is 5. The number of aromatic nitrogens is 3. The summed E-state index contributed by atoms with van der Waals surface area (Å²) in [4.78, 5) is 13.7. The van der Waals surface area contributed by atoms with Gasteiger partial charge in [0.05, 0.1) is 11.1 Å². The van der Waals surface area contributed by atoms with Crippen LogP contribution in [0.15, 0.2) is 91.0 Å². The highest BCUT2D eigenvalue weighted by Crippen LogP contribution is 2.36. The lowest BCUT2D eigenvalue weighted by Crippen LogP contribution is -2.00. The summed E-state index contributed by atoms with van der Waals surface area (Å²) >= 11 is 0. The molecule has 0 unspecified atom stereocenters. The van der Waals surface area contributed by atoms with Crippen LogP contribution in [-0.2, 0) is 0 Å². The smallest absolute Gasteiger partial charge is 0.167 e. The molecule has 0 spiro atoms. The van der Waals surface area contributed by atoms with E-state index in [4.69, 9.17) is 0 Å². The van der Waals surface area contributed by atoms with E-state index in [0.29, 0.717) is 17.0 Å². The number of aromatic hydroxyl groups is 4. The van der Waals surface area contributed by atoms with Crippen molar-refractivity contribution < 1.29 is 20.4 Å². The van der Waals surface area contributed by atoms with Crippen LogP contribution in [-0.4, -0.2) is 35.4 Å². The van der Waals surface area contributed by atoms with E-state index in [1.165, 1.54) is 36.4 Å². The molecule has 0 fully saturated rings. The summed E-state index contributed by atoms with van der Waals surface area (Å²) in [7, 11) is 0. The average Bonchev–Trinajstić information content (AvgIpc) is 2.88. The Kier molecular flexibility index (Phi) is 4.90. The van der Waals surface area contributed by atoms with Crippen LogP contribution in [0.2, 0.25) is 0 Å². The van der Waals surface area contributed by atoms with Crippen LogP contribution in [0.5, 0.6) is 23.0 Å². The van der Waals surface area contributed by atoms with Gasteiger partial charge >= 0.3 is 0 Å². The van der Waals surface area contributed by atoms with Crippen LogP contribution in [0.25, 0.3) is 55.7 Å². The lowest BCUT2D eigenvalue weighted by molar-refractivity contribution is 0.451. The molecule has 174 valence electrons. The molecule has 0 aliphatic heterocycles. The first-order valence-electron chi connectivity index (χ1n) is 11.2. The Hall–Kier alpha value is -5.17. The van der Waals surface area contributed by atoms with Crippen LogP contribution in [0.1, 0.15) is 0 Å².